The van der Waals surface area contributed by atoms with Crippen molar-refractivity contribution in [2.75, 3.05) is 0 Å². The number of carbonyl (C=O) groups is 1. The molecular weight excluding hydrogens is 160 g/mol. The van der Waals surface area contributed by atoms with E-state index in [1.54, 1.807) is 0 Å². The highest BCUT2D eigenvalue weighted by molar-refractivity contribution is 5.95. The van der Waals surface area contributed by atoms with Crippen LogP contribution in [0.2, 0.25) is 0 Å². The molecular formula is C12H16O. The number of carbonyl (C=O) groups excluding carboxylic acids is 1. The van der Waals surface area contributed by atoms with E-state index in [9.17, 15) is 4.79 Å². The highest BCUT2D eigenvalue weighted by Gasteiger charge is 2.59. The summed E-state index contributed by atoms with van der Waals surface area (Å²) in [5.41, 5.74) is 2.31. The Balaban J connectivity index is 2.14. The van der Waals surface area contributed by atoms with Crippen molar-refractivity contribution in [3.8, 4) is 0 Å². The zero-order chi connectivity index (χ0) is 9.10. The van der Waals surface area contributed by atoms with Crippen LogP contribution in [-0.4, -0.2) is 5.78 Å². The third-order valence-corrected chi connectivity index (χ3v) is 4.86. The van der Waals surface area contributed by atoms with Crippen LogP contribution in [0.3, 0.4) is 0 Å². The van der Waals surface area contributed by atoms with Gasteiger partial charge in [0.2, 0.25) is 0 Å². The molecule has 0 aliphatic heterocycles. The lowest BCUT2D eigenvalue weighted by molar-refractivity contribution is -0.116. The molecule has 1 nitrogen and oxygen atoms in total. The lowest BCUT2D eigenvalue weighted by Crippen LogP contribution is -2.29. The van der Waals surface area contributed by atoms with E-state index in [0.717, 1.165) is 6.42 Å². The fourth-order valence-electron chi connectivity index (χ4n) is 4.05. The van der Waals surface area contributed by atoms with Gasteiger partial charge in [0, 0.05) is 11.8 Å². The molecule has 0 aromatic rings. The van der Waals surface area contributed by atoms with Crippen molar-refractivity contribution >= 4 is 5.78 Å². The summed E-state index contributed by atoms with van der Waals surface area (Å²) in [4.78, 5) is 11.5. The van der Waals surface area contributed by atoms with Gasteiger partial charge in [-0.25, -0.2) is 0 Å². The summed E-state index contributed by atoms with van der Waals surface area (Å²) in [5.74, 6) is 0.392. The zero-order valence-electron chi connectivity index (χ0n) is 8.23. The Kier molecular flexibility index (Phi) is 1.24. The minimum atomic E-state index is 0.337. The van der Waals surface area contributed by atoms with Gasteiger partial charge in [-0.1, -0.05) is 18.9 Å². The number of allylic oxidation sites excluding steroid dienone is 2. The molecule has 3 rings (SSSR count). The molecule has 3 aliphatic carbocycles. The van der Waals surface area contributed by atoms with Gasteiger partial charge >= 0.3 is 0 Å². The van der Waals surface area contributed by atoms with Crippen LogP contribution in [-0.2, 0) is 4.79 Å². The maximum absolute atomic E-state index is 11.5. The maximum Gasteiger partial charge on any atom is 0.156 e. The first kappa shape index (κ1) is 7.78. The number of hydrogen-bond donors (Lipinski definition) is 0. The molecule has 0 aromatic heterocycles. The van der Waals surface area contributed by atoms with Gasteiger partial charge in [-0.2, -0.15) is 0 Å². The van der Waals surface area contributed by atoms with Gasteiger partial charge in [0.15, 0.2) is 5.78 Å². The zero-order valence-corrected chi connectivity index (χ0v) is 8.23. The van der Waals surface area contributed by atoms with Gasteiger partial charge in [0.1, 0.15) is 0 Å². The Labute approximate surface area is 79.2 Å². The predicted molar refractivity (Wildman–Crippen MR) is 51.3 cm³/mol. The Morgan fingerprint density at radius 2 is 2.15 bits per heavy atom. The van der Waals surface area contributed by atoms with Gasteiger partial charge in [-0.15, -0.1) is 0 Å². The Bertz CT molecular complexity index is 315. The van der Waals surface area contributed by atoms with Crippen LogP contribution in [0.1, 0.15) is 45.4 Å². The third kappa shape index (κ3) is 0.722. The average Bonchev–Trinajstić information content (AvgIpc) is 2.59. The van der Waals surface area contributed by atoms with E-state index in [-0.39, 0.29) is 0 Å². The molecule has 0 heterocycles. The van der Waals surface area contributed by atoms with Gasteiger partial charge in [0.05, 0.1) is 0 Å². The minimum Gasteiger partial charge on any atom is -0.295 e. The second kappa shape index (κ2) is 2.08. The Morgan fingerprint density at radius 3 is 3.00 bits per heavy atom. The number of ketones is 1. The van der Waals surface area contributed by atoms with Crippen LogP contribution in [0.4, 0.5) is 0 Å². The van der Waals surface area contributed by atoms with Crippen LogP contribution >= 0.6 is 0 Å². The first-order chi connectivity index (χ1) is 6.16. The quantitative estimate of drug-likeness (QED) is 0.554. The SMILES string of the molecule is C[C@]12CCC[C@]13CC(=O)C=C3CC2. The van der Waals surface area contributed by atoms with E-state index >= 15 is 0 Å². The molecule has 2 saturated carbocycles. The van der Waals surface area contributed by atoms with Crippen molar-refractivity contribution < 1.29 is 4.79 Å². The topological polar surface area (TPSA) is 17.1 Å². The van der Waals surface area contributed by atoms with Crippen LogP contribution in [0, 0.1) is 10.8 Å². The highest BCUT2D eigenvalue weighted by atomic mass is 16.1. The molecule has 2 fully saturated rings. The standard InChI is InChI=1S/C12H16O/c1-11-4-2-5-12(11)8-10(13)7-9(12)3-6-11/h7H,2-6,8H2,1H3/t11-,12-/m1/s1. The molecule has 1 heteroatoms. The maximum atomic E-state index is 11.5. The summed E-state index contributed by atoms with van der Waals surface area (Å²) in [6.07, 6.45) is 9.27. The van der Waals surface area contributed by atoms with E-state index in [1.807, 2.05) is 6.08 Å². The predicted octanol–water partition coefficient (Wildman–Crippen LogP) is 2.86. The second-order valence-electron chi connectivity index (χ2n) is 5.31. The Morgan fingerprint density at radius 1 is 1.31 bits per heavy atom. The monoisotopic (exact) mass is 176 g/mol. The van der Waals surface area contributed by atoms with E-state index in [4.69, 9.17) is 0 Å². The average molecular weight is 176 g/mol. The Hall–Kier alpha value is -0.590. The van der Waals surface area contributed by atoms with Crippen LogP contribution in [0.25, 0.3) is 0 Å². The van der Waals surface area contributed by atoms with E-state index < -0.39 is 0 Å². The van der Waals surface area contributed by atoms with Crippen LogP contribution in [0.5, 0.6) is 0 Å². The lowest BCUT2D eigenvalue weighted by Gasteiger charge is -2.35. The first-order valence-corrected chi connectivity index (χ1v) is 5.40. The number of rotatable bonds is 0. The second-order valence-corrected chi connectivity index (χ2v) is 5.31. The van der Waals surface area contributed by atoms with E-state index in [0.29, 0.717) is 16.6 Å². The molecule has 0 unspecified atom stereocenters. The van der Waals surface area contributed by atoms with Gasteiger partial charge in [0.25, 0.3) is 0 Å². The molecule has 70 valence electrons. The molecule has 3 aliphatic rings. The van der Waals surface area contributed by atoms with Crippen molar-refractivity contribution in [2.45, 2.75) is 45.4 Å². The fourth-order valence-corrected chi connectivity index (χ4v) is 4.05. The van der Waals surface area contributed by atoms with Crippen molar-refractivity contribution in [1.82, 2.24) is 0 Å². The van der Waals surface area contributed by atoms with Gasteiger partial charge < -0.3 is 0 Å². The van der Waals surface area contributed by atoms with Crippen LogP contribution < -0.4 is 0 Å². The normalized spacial score (nSPS) is 47.8. The van der Waals surface area contributed by atoms with Gasteiger partial charge in [-0.3, -0.25) is 4.79 Å². The van der Waals surface area contributed by atoms with Crippen LogP contribution in [0.15, 0.2) is 11.6 Å². The molecule has 13 heavy (non-hydrogen) atoms. The van der Waals surface area contributed by atoms with Crippen molar-refractivity contribution in [3.63, 3.8) is 0 Å². The lowest BCUT2D eigenvalue weighted by atomic mass is 9.68. The molecule has 2 atom stereocenters. The summed E-state index contributed by atoms with van der Waals surface area (Å²) >= 11 is 0. The van der Waals surface area contributed by atoms with Gasteiger partial charge in [-0.05, 0) is 37.2 Å². The fraction of sp³-hybridized carbons (Fsp3) is 0.750. The van der Waals surface area contributed by atoms with Crippen molar-refractivity contribution in [2.24, 2.45) is 10.8 Å². The molecule has 0 aromatic carbocycles. The van der Waals surface area contributed by atoms with E-state index in [2.05, 4.69) is 6.92 Å². The van der Waals surface area contributed by atoms with Crippen molar-refractivity contribution in [3.05, 3.63) is 11.6 Å². The van der Waals surface area contributed by atoms with Crippen molar-refractivity contribution in [1.29, 1.82) is 0 Å². The minimum absolute atomic E-state index is 0.337. The molecule has 0 saturated heterocycles. The summed E-state index contributed by atoms with van der Waals surface area (Å²) in [6, 6.07) is 0. The third-order valence-electron chi connectivity index (χ3n) is 4.86. The first-order valence-electron chi connectivity index (χ1n) is 5.40. The molecule has 0 amide bonds. The summed E-state index contributed by atoms with van der Waals surface area (Å²) in [6.45, 7) is 2.40. The molecule has 0 radical (unpaired) electrons. The molecule has 1 spiro atoms. The largest absolute Gasteiger partial charge is 0.295 e. The smallest absolute Gasteiger partial charge is 0.156 e. The number of hydrogen-bond acceptors (Lipinski definition) is 1. The summed E-state index contributed by atoms with van der Waals surface area (Å²) < 4.78 is 0. The highest BCUT2D eigenvalue weighted by Crippen LogP contribution is 2.68. The van der Waals surface area contributed by atoms with E-state index in [1.165, 1.54) is 37.7 Å². The molecule has 0 bridgehead atoms. The molecule has 0 N–H and O–H groups in total. The summed E-state index contributed by atoms with van der Waals surface area (Å²) in [5, 5.41) is 0. The summed E-state index contributed by atoms with van der Waals surface area (Å²) in [7, 11) is 0.